The molecule has 0 fully saturated rings. The minimum Gasteiger partial charge on any atom is -0.297 e. The highest BCUT2D eigenvalue weighted by atomic mass is 32.1. The van der Waals surface area contributed by atoms with Crippen LogP contribution in [-0.4, -0.2) is 9.55 Å². The molecule has 0 aliphatic heterocycles. The second-order valence-electron chi connectivity index (χ2n) is 6.35. The molecule has 26 heavy (non-hydrogen) atoms. The molecule has 0 N–H and O–H groups in total. The number of fused-ring (bicyclic) bond motifs is 1. The highest BCUT2D eigenvalue weighted by Crippen LogP contribution is 2.31. The molecule has 3 aromatic rings. The van der Waals surface area contributed by atoms with Crippen LogP contribution in [0.1, 0.15) is 24.0 Å². The molecule has 2 heterocycles. The maximum absolute atomic E-state index is 13.0. The summed E-state index contributed by atoms with van der Waals surface area (Å²) >= 11 is 1.45. The number of hydrogen-bond acceptors (Lipinski definition) is 5. The Labute approximate surface area is 155 Å². The summed E-state index contributed by atoms with van der Waals surface area (Å²) in [7, 11) is 0. The lowest BCUT2D eigenvalue weighted by Gasteiger charge is -2.10. The van der Waals surface area contributed by atoms with Crippen molar-refractivity contribution in [2.75, 3.05) is 0 Å². The van der Waals surface area contributed by atoms with Crippen molar-refractivity contribution in [3.63, 3.8) is 0 Å². The molecule has 0 amide bonds. The number of hydrogen-bond donors (Lipinski definition) is 0. The summed E-state index contributed by atoms with van der Waals surface area (Å²) in [5.41, 5.74) is 4.12. The monoisotopic (exact) mass is 362 g/mol. The predicted octanol–water partition coefficient (Wildman–Crippen LogP) is 4.19. The van der Waals surface area contributed by atoms with Crippen LogP contribution in [0.5, 0.6) is 0 Å². The molecular formula is C20H18N4OS. The van der Waals surface area contributed by atoms with E-state index in [9.17, 15) is 10.1 Å². The summed E-state index contributed by atoms with van der Waals surface area (Å²) in [6, 6.07) is 10.4. The van der Waals surface area contributed by atoms with E-state index in [4.69, 9.17) is 5.26 Å². The van der Waals surface area contributed by atoms with Gasteiger partial charge in [-0.05, 0) is 37.0 Å². The third kappa shape index (κ3) is 3.37. The molecule has 0 aliphatic carbocycles. The van der Waals surface area contributed by atoms with Crippen molar-refractivity contribution in [3.05, 3.63) is 51.4 Å². The maximum atomic E-state index is 13.0. The Bertz CT molecular complexity index is 1100. The van der Waals surface area contributed by atoms with Crippen molar-refractivity contribution >= 4 is 21.6 Å². The van der Waals surface area contributed by atoms with E-state index >= 15 is 0 Å². The van der Waals surface area contributed by atoms with Crippen LogP contribution in [0, 0.1) is 42.4 Å². The number of aromatic nitrogens is 2. The molecule has 130 valence electrons. The van der Waals surface area contributed by atoms with Crippen molar-refractivity contribution < 1.29 is 0 Å². The quantitative estimate of drug-likeness (QED) is 0.681. The normalized spacial score (nSPS) is 11.8. The van der Waals surface area contributed by atoms with Crippen LogP contribution >= 0.6 is 11.3 Å². The number of nitriles is 2. The number of benzene rings is 1. The van der Waals surface area contributed by atoms with Crippen LogP contribution in [0.15, 0.2) is 34.7 Å². The number of aryl methyl sites for hydroxylation is 2. The summed E-state index contributed by atoms with van der Waals surface area (Å²) in [5, 5.41) is 20.5. The van der Waals surface area contributed by atoms with Gasteiger partial charge in [0.2, 0.25) is 0 Å². The summed E-state index contributed by atoms with van der Waals surface area (Å²) in [5.74, 6) is -0.379. The third-order valence-corrected chi connectivity index (χ3v) is 5.47. The molecule has 0 unspecified atom stereocenters. The minimum absolute atomic E-state index is 0.137. The molecule has 5 nitrogen and oxygen atoms in total. The summed E-state index contributed by atoms with van der Waals surface area (Å²) in [4.78, 5) is 18.1. The molecular weight excluding hydrogens is 344 g/mol. The standard InChI is InChI=1S/C20H18N4OS/c1-13-5-6-16(8-14(13)2)17-11-26-19-18(17)20(25)24(12-23-19)10-15(9-22)4-3-7-21/h5-6,8,11-12,15H,3-4,10H2,1-2H3/t15-/m0/s1. The van der Waals surface area contributed by atoms with E-state index in [0.29, 0.717) is 23.1 Å². The first-order chi connectivity index (χ1) is 12.5. The molecule has 0 saturated heterocycles. The smallest absolute Gasteiger partial charge is 0.262 e. The molecule has 0 radical (unpaired) electrons. The van der Waals surface area contributed by atoms with E-state index < -0.39 is 0 Å². The summed E-state index contributed by atoms with van der Waals surface area (Å²) in [6.45, 7) is 4.36. The molecule has 0 spiro atoms. The van der Waals surface area contributed by atoms with E-state index in [1.165, 1.54) is 33.4 Å². The average Bonchev–Trinajstić information content (AvgIpc) is 3.07. The Morgan fingerprint density at radius 3 is 2.77 bits per heavy atom. The van der Waals surface area contributed by atoms with Gasteiger partial charge in [0.1, 0.15) is 4.83 Å². The zero-order chi connectivity index (χ0) is 18.7. The fourth-order valence-electron chi connectivity index (χ4n) is 2.89. The van der Waals surface area contributed by atoms with Gasteiger partial charge in [-0.25, -0.2) is 4.98 Å². The van der Waals surface area contributed by atoms with Gasteiger partial charge in [-0.2, -0.15) is 10.5 Å². The molecule has 3 rings (SSSR count). The fraction of sp³-hybridized carbons (Fsp3) is 0.300. The van der Waals surface area contributed by atoms with Crippen LogP contribution in [0.2, 0.25) is 0 Å². The lowest BCUT2D eigenvalue weighted by Crippen LogP contribution is -2.24. The largest absolute Gasteiger partial charge is 0.297 e. The first-order valence-electron chi connectivity index (χ1n) is 8.36. The molecule has 1 aromatic carbocycles. The van der Waals surface area contributed by atoms with Gasteiger partial charge in [-0.3, -0.25) is 9.36 Å². The Morgan fingerprint density at radius 2 is 2.08 bits per heavy atom. The van der Waals surface area contributed by atoms with Crippen LogP contribution in [0.4, 0.5) is 0 Å². The lowest BCUT2D eigenvalue weighted by atomic mass is 10.0. The van der Waals surface area contributed by atoms with Crippen LogP contribution in [0.25, 0.3) is 21.3 Å². The van der Waals surface area contributed by atoms with Gasteiger partial charge < -0.3 is 0 Å². The van der Waals surface area contributed by atoms with Crippen molar-refractivity contribution in [1.82, 2.24) is 9.55 Å². The van der Waals surface area contributed by atoms with Gasteiger partial charge >= 0.3 is 0 Å². The van der Waals surface area contributed by atoms with Gasteiger partial charge in [-0.1, -0.05) is 18.2 Å². The molecule has 6 heteroatoms. The number of rotatable bonds is 5. The zero-order valence-electron chi connectivity index (χ0n) is 14.7. The van der Waals surface area contributed by atoms with Crippen molar-refractivity contribution in [1.29, 1.82) is 10.5 Å². The Balaban J connectivity index is 2.06. The van der Waals surface area contributed by atoms with Gasteiger partial charge in [0.15, 0.2) is 0 Å². The topological polar surface area (TPSA) is 82.5 Å². The summed E-state index contributed by atoms with van der Waals surface area (Å²) in [6.07, 6.45) is 2.25. The summed E-state index contributed by atoms with van der Waals surface area (Å²) < 4.78 is 1.49. The van der Waals surface area contributed by atoms with Crippen molar-refractivity contribution in [3.8, 4) is 23.3 Å². The van der Waals surface area contributed by atoms with Gasteiger partial charge in [0.05, 0.1) is 29.8 Å². The first-order valence-corrected chi connectivity index (χ1v) is 9.24. The molecule has 0 saturated carbocycles. The van der Waals surface area contributed by atoms with Gasteiger partial charge in [0.25, 0.3) is 5.56 Å². The highest BCUT2D eigenvalue weighted by Gasteiger charge is 2.16. The van der Waals surface area contributed by atoms with E-state index in [-0.39, 0.29) is 18.0 Å². The fourth-order valence-corrected chi connectivity index (χ4v) is 3.80. The molecule has 1 atom stereocenters. The SMILES string of the molecule is Cc1ccc(-c2csc3ncn(C[C@H](C#N)CCC#N)c(=O)c23)cc1C. The maximum Gasteiger partial charge on any atom is 0.262 e. The van der Waals surface area contributed by atoms with Gasteiger partial charge in [0, 0.05) is 23.9 Å². The van der Waals surface area contributed by atoms with Crippen molar-refractivity contribution in [2.24, 2.45) is 5.92 Å². The first kappa shape index (κ1) is 17.8. The van der Waals surface area contributed by atoms with Crippen LogP contribution < -0.4 is 5.56 Å². The average molecular weight is 362 g/mol. The second kappa shape index (κ2) is 7.51. The predicted molar refractivity (Wildman–Crippen MR) is 103 cm³/mol. The molecule has 0 bridgehead atoms. The van der Waals surface area contributed by atoms with E-state index in [1.54, 1.807) is 0 Å². The lowest BCUT2D eigenvalue weighted by molar-refractivity contribution is 0.499. The van der Waals surface area contributed by atoms with E-state index in [0.717, 1.165) is 11.1 Å². The van der Waals surface area contributed by atoms with Crippen LogP contribution in [0.3, 0.4) is 0 Å². The number of thiophene rings is 1. The highest BCUT2D eigenvalue weighted by molar-refractivity contribution is 7.17. The third-order valence-electron chi connectivity index (χ3n) is 4.58. The Kier molecular flexibility index (Phi) is 5.16. The van der Waals surface area contributed by atoms with Crippen molar-refractivity contribution in [2.45, 2.75) is 33.2 Å². The molecule has 2 aromatic heterocycles. The molecule has 0 aliphatic rings. The number of nitrogens with zero attached hydrogens (tertiary/aromatic N) is 4. The van der Waals surface area contributed by atoms with Gasteiger partial charge in [-0.15, -0.1) is 11.3 Å². The Hall–Kier alpha value is -2.96. The minimum atomic E-state index is -0.379. The second-order valence-corrected chi connectivity index (χ2v) is 7.21. The van der Waals surface area contributed by atoms with E-state index in [1.807, 2.05) is 17.5 Å². The zero-order valence-corrected chi connectivity index (χ0v) is 15.5. The van der Waals surface area contributed by atoms with E-state index in [2.05, 4.69) is 37.0 Å². The Morgan fingerprint density at radius 1 is 1.27 bits per heavy atom. The van der Waals surface area contributed by atoms with Crippen LogP contribution in [-0.2, 0) is 6.54 Å².